The second-order valence-electron chi connectivity index (χ2n) is 4.00. The Hall–Kier alpha value is -0.870. The highest BCUT2D eigenvalue weighted by Gasteiger charge is 2.16. The Morgan fingerprint density at radius 3 is 2.67 bits per heavy atom. The third-order valence-electron chi connectivity index (χ3n) is 2.25. The highest BCUT2D eigenvalue weighted by molar-refractivity contribution is 7.11. The summed E-state index contributed by atoms with van der Waals surface area (Å²) in [5.74, 6) is 0.103. The number of carbonyl (C=O) groups excluding carboxylic acids is 1. The molecule has 1 aromatic rings. The molecule has 0 fully saturated rings. The normalized spacial score (nSPS) is 12.9. The summed E-state index contributed by atoms with van der Waals surface area (Å²) in [5.41, 5.74) is 5.72. The molecule has 0 unspecified atom stereocenters. The fourth-order valence-electron chi connectivity index (χ4n) is 1.17. The van der Waals surface area contributed by atoms with E-state index in [-0.39, 0.29) is 11.8 Å². The molecule has 0 aliphatic carbocycles. The van der Waals surface area contributed by atoms with Crippen LogP contribution in [0.3, 0.4) is 0 Å². The summed E-state index contributed by atoms with van der Waals surface area (Å²) in [6.45, 7) is 6.52. The maximum atomic E-state index is 11.5. The van der Waals surface area contributed by atoms with E-state index < -0.39 is 6.04 Å². The molecule has 3 N–H and O–H groups in total. The van der Waals surface area contributed by atoms with Crippen LogP contribution in [-0.2, 0) is 11.3 Å². The quantitative estimate of drug-likeness (QED) is 0.820. The van der Waals surface area contributed by atoms with E-state index in [1.165, 1.54) is 4.88 Å². The maximum Gasteiger partial charge on any atom is 0.237 e. The van der Waals surface area contributed by atoms with E-state index >= 15 is 0 Å². The standard InChI is InChI=1S/C11H18N2OS/c1-7(2)10(12)11(14)13-6-9-5-4-8(3)15-9/h4-5,7,10H,6,12H2,1-3H3,(H,13,14)/t10-/m1/s1. The average Bonchev–Trinajstić information content (AvgIpc) is 2.59. The molecule has 0 saturated heterocycles. The number of nitrogens with two attached hydrogens (primary N) is 1. The van der Waals surface area contributed by atoms with Crippen molar-refractivity contribution in [2.75, 3.05) is 0 Å². The molecule has 4 heteroatoms. The lowest BCUT2D eigenvalue weighted by molar-refractivity contribution is -0.123. The second-order valence-corrected chi connectivity index (χ2v) is 5.37. The monoisotopic (exact) mass is 226 g/mol. The van der Waals surface area contributed by atoms with Gasteiger partial charge in [-0.05, 0) is 25.0 Å². The predicted molar refractivity (Wildman–Crippen MR) is 63.7 cm³/mol. The summed E-state index contributed by atoms with van der Waals surface area (Å²) >= 11 is 1.69. The van der Waals surface area contributed by atoms with Gasteiger partial charge in [-0.1, -0.05) is 13.8 Å². The maximum absolute atomic E-state index is 11.5. The first-order valence-electron chi connectivity index (χ1n) is 5.09. The molecule has 1 rings (SSSR count). The average molecular weight is 226 g/mol. The van der Waals surface area contributed by atoms with Crippen molar-refractivity contribution in [1.82, 2.24) is 5.32 Å². The fourth-order valence-corrected chi connectivity index (χ4v) is 2.01. The summed E-state index contributed by atoms with van der Waals surface area (Å²) < 4.78 is 0. The van der Waals surface area contributed by atoms with E-state index in [1.54, 1.807) is 11.3 Å². The predicted octanol–water partition coefficient (Wildman–Crippen LogP) is 1.66. The van der Waals surface area contributed by atoms with Gasteiger partial charge in [0.2, 0.25) is 5.91 Å². The van der Waals surface area contributed by atoms with Crippen LogP contribution in [0.15, 0.2) is 12.1 Å². The van der Waals surface area contributed by atoms with Crippen LogP contribution in [0.5, 0.6) is 0 Å². The molecule has 1 atom stereocenters. The van der Waals surface area contributed by atoms with Gasteiger partial charge in [0.1, 0.15) is 0 Å². The summed E-state index contributed by atoms with van der Waals surface area (Å²) in [5, 5.41) is 2.84. The number of rotatable bonds is 4. The summed E-state index contributed by atoms with van der Waals surface area (Å²) in [6.07, 6.45) is 0. The largest absolute Gasteiger partial charge is 0.350 e. The molecule has 3 nitrogen and oxygen atoms in total. The third-order valence-corrected chi connectivity index (χ3v) is 3.25. The van der Waals surface area contributed by atoms with Gasteiger partial charge in [-0.25, -0.2) is 0 Å². The minimum absolute atomic E-state index is 0.0731. The van der Waals surface area contributed by atoms with Crippen molar-refractivity contribution in [3.05, 3.63) is 21.9 Å². The Balaban J connectivity index is 2.40. The fraction of sp³-hybridized carbons (Fsp3) is 0.545. The molecule has 0 aromatic carbocycles. The van der Waals surface area contributed by atoms with E-state index in [0.29, 0.717) is 6.54 Å². The van der Waals surface area contributed by atoms with Crippen molar-refractivity contribution in [1.29, 1.82) is 0 Å². The number of nitrogens with one attached hydrogen (secondary N) is 1. The van der Waals surface area contributed by atoms with Gasteiger partial charge in [0.05, 0.1) is 12.6 Å². The number of hydrogen-bond acceptors (Lipinski definition) is 3. The van der Waals surface area contributed by atoms with E-state index in [4.69, 9.17) is 5.73 Å². The summed E-state index contributed by atoms with van der Waals surface area (Å²) in [6, 6.07) is 3.67. The summed E-state index contributed by atoms with van der Waals surface area (Å²) in [7, 11) is 0. The molecule has 0 saturated carbocycles. The zero-order valence-corrected chi connectivity index (χ0v) is 10.2. The van der Waals surface area contributed by atoms with Gasteiger partial charge in [-0.3, -0.25) is 4.79 Å². The molecular weight excluding hydrogens is 208 g/mol. The van der Waals surface area contributed by atoms with E-state index in [2.05, 4.69) is 18.3 Å². The van der Waals surface area contributed by atoms with E-state index in [9.17, 15) is 4.79 Å². The van der Waals surface area contributed by atoms with Crippen molar-refractivity contribution < 1.29 is 4.79 Å². The van der Waals surface area contributed by atoms with Crippen molar-refractivity contribution in [3.8, 4) is 0 Å². The SMILES string of the molecule is Cc1ccc(CNC(=O)[C@H](N)C(C)C)s1. The van der Waals surface area contributed by atoms with Gasteiger partial charge in [0.25, 0.3) is 0 Å². The smallest absolute Gasteiger partial charge is 0.237 e. The highest BCUT2D eigenvalue weighted by atomic mass is 32.1. The number of amides is 1. The van der Waals surface area contributed by atoms with Crippen LogP contribution in [0, 0.1) is 12.8 Å². The minimum atomic E-state index is -0.411. The zero-order valence-electron chi connectivity index (χ0n) is 9.41. The molecule has 15 heavy (non-hydrogen) atoms. The first-order valence-corrected chi connectivity index (χ1v) is 5.91. The summed E-state index contributed by atoms with van der Waals surface area (Å²) in [4.78, 5) is 14.0. The highest BCUT2D eigenvalue weighted by Crippen LogP contribution is 2.14. The van der Waals surface area contributed by atoms with Crippen molar-refractivity contribution in [3.63, 3.8) is 0 Å². The Kier molecular flexibility index (Phi) is 4.29. The van der Waals surface area contributed by atoms with Crippen LogP contribution in [-0.4, -0.2) is 11.9 Å². The van der Waals surface area contributed by atoms with Crippen LogP contribution in [0.25, 0.3) is 0 Å². The Labute approximate surface area is 94.7 Å². The first-order chi connectivity index (χ1) is 7.00. The van der Waals surface area contributed by atoms with Crippen LogP contribution in [0.1, 0.15) is 23.6 Å². The van der Waals surface area contributed by atoms with Gasteiger partial charge in [-0.2, -0.15) is 0 Å². The minimum Gasteiger partial charge on any atom is -0.350 e. The molecule has 84 valence electrons. The Morgan fingerprint density at radius 2 is 2.20 bits per heavy atom. The topological polar surface area (TPSA) is 55.1 Å². The number of thiophene rings is 1. The van der Waals surface area contributed by atoms with Gasteiger partial charge < -0.3 is 11.1 Å². The molecule has 0 bridgehead atoms. The van der Waals surface area contributed by atoms with E-state index in [0.717, 1.165) is 4.88 Å². The van der Waals surface area contributed by atoms with Crippen molar-refractivity contribution >= 4 is 17.2 Å². The van der Waals surface area contributed by atoms with Crippen LogP contribution < -0.4 is 11.1 Å². The van der Waals surface area contributed by atoms with Gasteiger partial charge in [0, 0.05) is 9.75 Å². The lowest BCUT2D eigenvalue weighted by Crippen LogP contribution is -2.43. The van der Waals surface area contributed by atoms with Gasteiger partial charge >= 0.3 is 0 Å². The second kappa shape index (κ2) is 5.28. The van der Waals surface area contributed by atoms with Crippen LogP contribution in [0.4, 0.5) is 0 Å². The number of aryl methyl sites for hydroxylation is 1. The zero-order chi connectivity index (χ0) is 11.4. The molecular formula is C11H18N2OS. The molecule has 0 aliphatic rings. The van der Waals surface area contributed by atoms with Crippen LogP contribution in [0.2, 0.25) is 0 Å². The lowest BCUT2D eigenvalue weighted by atomic mass is 10.1. The molecule has 1 amide bonds. The number of hydrogen-bond donors (Lipinski definition) is 2. The Bertz CT molecular complexity index is 333. The Morgan fingerprint density at radius 1 is 1.53 bits per heavy atom. The number of carbonyl (C=O) groups is 1. The molecule has 1 aromatic heterocycles. The van der Waals surface area contributed by atoms with Crippen LogP contribution >= 0.6 is 11.3 Å². The molecule has 1 heterocycles. The molecule has 0 spiro atoms. The molecule has 0 aliphatic heterocycles. The third kappa shape index (κ3) is 3.64. The van der Waals surface area contributed by atoms with Crippen molar-refractivity contribution in [2.24, 2.45) is 11.7 Å². The van der Waals surface area contributed by atoms with Gasteiger partial charge in [-0.15, -0.1) is 11.3 Å². The van der Waals surface area contributed by atoms with Crippen molar-refractivity contribution in [2.45, 2.75) is 33.4 Å². The van der Waals surface area contributed by atoms with Gasteiger partial charge in [0.15, 0.2) is 0 Å². The van der Waals surface area contributed by atoms with E-state index in [1.807, 2.05) is 19.9 Å². The first kappa shape index (κ1) is 12.2. The molecule has 0 radical (unpaired) electrons. The lowest BCUT2D eigenvalue weighted by Gasteiger charge is -2.14.